The van der Waals surface area contributed by atoms with Crippen molar-refractivity contribution in [1.29, 1.82) is 0 Å². The van der Waals surface area contributed by atoms with Gasteiger partial charge in [-0.2, -0.15) is 0 Å². The first kappa shape index (κ1) is 12.9. The Bertz CT molecular complexity index is 650. The van der Waals surface area contributed by atoms with E-state index in [0.29, 0.717) is 0 Å². The third kappa shape index (κ3) is 2.89. The first-order chi connectivity index (χ1) is 9.85. The van der Waals surface area contributed by atoms with Crippen molar-refractivity contribution in [3.63, 3.8) is 0 Å². The Morgan fingerprint density at radius 3 is 2.55 bits per heavy atom. The van der Waals surface area contributed by atoms with E-state index in [2.05, 4.69) is 47.7 Å². The van der Waals surface area contributed by atoms with E-state index >= 15 is 0 Å². The van der Waals surface area contributed by atoms with Crippen LogP contribution in [0.4, 0.5) is 0 Å². The molecule has 1 aromatic carbocycles. The normalized spacial score (nSPS) is 11.1. The van der Waals surface area contributed by atoms with Gasteiger partial charge in [0, 0.05) is 25.5 Å². The van der Waals surface area contributed by atoms with Crippen LogP contribution in [0.15, 0.2) is 54.9 Å². The van der Waals surface area contributed by atoms with Crippen LogP contribution >= 0.6 is 0 Å². The number of aromatic nitrogens is 2. The van der Waals surface area contributed by atoms with Crippen molar-refractivity contribution in [2.75, 3.05) is 0 Å². The predicted octanol–water partition coefficient (Wildman–Crippen LogP) is 3.19. The molecule has 0 aliphatic rings. The van der Waals surface area contributed by atoms with E-state index in [-0.39, 0.29) is 0 Å². The van der Waals surface area contributed by atoms with Crippen molar-refractivity contribution in [1.82, 2.24) is 14.7 Å². The SMILES string of the molecule is CCc1ccc(CNCc2cn3ccccc3n2)cc1. The molecule has 0 saturated carbocycles. The van der Waals surface area contributed by atoms with E-state index in [4.69, 9.17) is 0 Å². The molecule has 3 rings (SSSR count). The zero-order chi connectivity index (χ0) is 13.8. The van der Waals surface area contributed by atoms with Gasteiger partial charge in [-0.1, -0.05) is 37.3 Å². The fourth-order valence-corrected chi connectivity index (χ4v) is 2.30. The maximum atomic E-state index is 4.57. The summed E-state index contributed by atoms with van der Waals surface area (Å²) < 4.78 is 2.05. The summed E-state index contributed by atoms with van der Waals surface area (Å²) in [4.78, 5) is 4.57. The number of hydrogen-bond donors (Lipinski definition) is 1. The minimum absolute atomic E-state index is 0.789. The van der Waals surface area contributed by atoms with E-state index in [1.54, 1.807) is 0 Å². The number of pyridine rings is 1. The van der Waals surface area contributed by atoms with Crippen LogP contribution in [-0.2, 0) is 19.5 Å². The number of nitrogens with zero attached hydrogens (tertiary/aromatic N) is 2. The highest BCUT2D eigenvalue weighted by atomic mass is 15.0. The molecule has 3 heteroatoms. The minimum atomic E-state index is 0.789. The molecule has 0 radical (unpaired) electrons. The topological polar surface area (TPSA) is 29.3 Å². The van der Waals surface area contributed by atoms with Crippen LogP contribution in [-0.4, -0.2) is 9.38 Å². The highest BCUT2D eigenvalue weighted by Crippen LogP contribution is 2.06. The number of fused-ring (bicyclic) bond motifs is 1. The van der Waals surface area contributed by atoms with Gasteiger partial charge in [0.25, 0.3) is 0 Å². The van der Waals surface area contributed by atoms with Crippen molar-refractivity contribution in [3.05, 3.63) is 71.7 Å². The number of rotatable bonds is 5. The average Bonchev–Trinajstić information content (AvgIpc) is 2.90. The second-order valence-electron chi connectivity index (χ2n) is 4.97. The summed E-state index contributed by atoms with van der Waals surface area (Å²) >= 11 is 0. The lowest BCUT2D eigenvalue weighted by Crippen LogP contribution is -2.12. The second-order valence-corrected chi connectivity index (χ2v) is 4.97. The van der Waals surface area contributed by atoms with E-state index < -0.39 is 0 Å². The summed E-state index contributed by atoms with van der Waals surface area (Å²) in [5.74, 6) is 0. The molecule has 0 fully saturated rings. The van der Waals surface area contributed by atoms with Gasteiger partial charge in [-0.25, -0.2) is 4.98 Å². The molecule has 2 heterocycles. The van der Waals surface area contributed by atoms with Crippen LogP contribution in [0.2, 0.25) is 0 Å². The standard InChI is InChI=1S/C17H19N3/c1-2-14-6-8-15(9-7-14)11-18-12-16-13-20-10-4-3-5-17(20)19-16/h3-10,13,18H,2,11-12H2,1H3. The number of benzene rings is 1. The molecule has 3 aromatic rings. The van der Waals surface area contributed by atoms with Gasteiger partial charge >= 0.3 is 0 Å². The Hall–Kier alpha value is -2.13. The van der Waals surface area contributed by atoms with E-state index in [1.807, 2.05) is 28.8 Å². The van der Waals surface area contributed by atoms with Crippen LogP contribution in [0.3, 0.4) is 0 Å². The van der Waals surface area contributed by atoms with Crippen LogP contribution in [0.5, 0.6) is 0 Å². The molecule has 0 bridgehead atoms. The Kier molecular flexibility index (Phi) is 3.79. The fraction of sp³-hybridized carbons (Fsp3) is 0.235. The van der Waals surface area contributed by atoms with E-state index in [0.717, 1.165) is 30.9 Å². The lowest BCUT2D eigenvalue weighted by atomic mass is 10.1. The smallest absolute Gasteiger partial charge is 0.137 e. The fourth-order valence-electron chi connectivity index (χ4n) is 2.30. The molecular formula is C17H19N3. The lowest BCUT2D eigenvalue weighted by Gasteiger charge is -2.04. The maximum absolute atomic E-state index is 4.57. The molecule has 0 aliphatic carbocycles. The van der Waals surface area contributed by atoms with E-state index in [9.17, 15) is 0 Å². The highest BCUT2D eigenvalue weighted by molar-refractivity contribution is 5.39. The van der Waals surface area contributed by atoms with Crippen LogP contribution in [0.1, 0.15) is 23.7 Å². The van der Waals surface area contributed by atoms with Crippen molar-refractivity contribution in [3.8, 4) is 0 Å². The summed E-state index contributed by atoms with van der Waals surface area (Å²) in [6.45, 7) is 3.84. The number of imidazole rings is 1. The van der Waals surface area contributed by atoms with Gasteiger partial charge in [0.05, 0.1) is 5.69 Å². The minimum Gasteiger partial charge on any atom is -0.307 e. The molecule has 102 valence electrons. The molecule has 0 amide bonds. The van der Waals surface area contributed by atoms with Gasteiger partial charge in [-0.05, 0) is 29.7 Å². The highest BCUT2D eigenvalue weighted by Gasteiger charge is 2.00. The Balaban J connectivity index is 1.58. The number of hydrogen-bond acceptors (Lipinski definition) is 2. The van der Waals surface area contributed by atoms with Gasteiger partial charge in [0.2, 0.25) is 0 Å². The average molecular weight is 265 g/mol. The lowest BCUT2D eigenvalue weighted by molar-refractivity contribution is 0.682. The summed E-state index contributed by atoms with van der Waals surface area (Å²) in [5.41, 5.74) is 4.76. The van der Waals surface area contributed by atoms with Crippen LogP contribution < -0.4 is 5.32 Å². The van der Waals surface area contributed by atoms with Crippen LogP contribution in [0, 0.1) is 0 Å². The molecule has 0 atom stereocenters. The monoisotopic (exact) mass is 265 g/mol. The zero-order valence-electron chi connectivity index (χ0n) is 11.7. The van der Waals surface area contributed by atoms with Gasteiger partial charge in [-0.15, -0.1) is 0 Å². The Morgan fingerprint density at radius 1 is 1.00 bits per heavy atom. The number of aryl methyl sites for hydroxylation is 1. The predicted molar refractivity (Wildman–Crippen MR) is 81.6 cm³/mol. The summed E-state index contributed by atoms with van der Waals surface area (Å²) in [6.07, 6.45) is 5.19. The second kappa shape index (κ2) is 5.88. The number of nitrogens with one attached hydrogen (secondary N) is 1. The first-order valence-electron chi connectivity index (χ1n) is 7.06. The first-order valence-corrected chi connectivity index (χ1v) is 7.06. The quantitative estimate of drug-likeness (QED) is 0.767. The van der Waals surface area contributed by atoms with Gasteiger partial charge in [-0.3, -0.25) is 0 Å². The third-order valence-electron chi connectivity index (χ3n) is 3.48. The van der Waals surface area contributed by atoms with Gasteiger partial charge in [0.1, 0.15) is 5.65 Å². The van der Waals surface area contributed by atoms with Crippen molar-refractivity contribution in [2.24, 2.45) is 0 Å². The molecule has 0 saturated heterocycles. The molecule has 3 nitrogen and oxygen atoms in total. The molecule has 0 aliphatic heterocycles. The largest absolute Gasteiger partial charge is 0.307 e. The Morgan fingerprint density at radius 2 is 1.80 bits per heavy atom. The summed E-state index contributed by atoms with van der Waals surface area (Å²) in [6, 6.07) is 14.8. The maximum Gasteiger partial charge on any atom is 0.137 e. The van der Waals surface area contributed by atoms with Crippen molar-refractivity contribution < 1.29 is 0 Å². The van der Waals surface area contributed by atoms with Crippen molar-refractivity contribution >= 4 is 5.65 Å². The Labute approximate surface area is 119 Å². The summed E-state index contributed by atoms with van der Waals surface area (Å²) in [7, 11) is 0. The zero-order valence-corrected chi connectivity index (χ0v) is 11.7. The van der Waals surface area contributed by atoms with Gasteiger partial charge in [0.15, 0.2) is 0 Å². The molecule has 2 aromatic heterocycles. The molecule has 0 spiro atoms. The molecular weight excluding hydrogens is 246 g/mol. The molecule has 1 N–H and O–H groups in total. The third-order valence-corrected chi connectivity index (χ3v) is 3.48. The summed E-state index contributed by atoms with van der Waals surface area (Å²) in [5, 5.41) is 3.44. The van der Waals surface area contributed by atoms with Crippen LogP contribution in [0.25, 0.3) is 5.65 Å². The van der Waals surface area contributed by atoms with E-state index in [1.165, 1.54) is 11.1 Å². The molecule has 20 heavy (non-hydrogen) atoms. The van der Waals surface area contributed by atoms with Gasteiger partial charge < -0.3 is 9.72 Å². The van der Waals surface area contributed by atoms with Crippen molar-refractivity contribution in [2.45, 2.75) is 26.4 Å². The molecule has 0 unspecified atom stereocenters.